The third kappa shape index (κ3) is 2.94. The van der Waals surface area contributed by atoms with Crippen LogP contribution in [-0.4, -0.2) is 51.0 Å². The number of rotatable bonds is 2. The van der Waals surface area contributed by atoms with E-state index in [9.17, 15) is 9.90 Å². The maximum atomic E-state index is 11.5. The van der Waals surface area contributed by atoms with Crippen molar-refractivity contribution in [3.63, 3.8) is 0 Å². The lowest BCUT2D eigenvalue weighted by atomic mass is 10.0. The highest BCUT2D eigenvalue weighted by Crippen LogP contribution is 2.26. The number of nitrogens with zero attached hydrogens (tertiary/aromatic N) is 4. The first kappa shape index (κ1) is 13.6. The van der Waals surface area contributed by atoms with Crippen LogP contribution in [0.5, 0.6) is 0 Å². The average molecular weight is 264 g/mol. The van der Waals surface area contributed by atoms with Crippen LogP contribution >= 0.6 is 0 Å². The zero-order valence-corrected chi connectivity index (χ0v) is 11.6. The van der Waals surface area contributed by atoms with Gasteiger partial charge in [0, 0.05) is 24.8 Å². The first-order valence-corrected chi connectivity index (χ1v) is 6.44. The molecule has 1 N–H and O–H groups in total. The number of hydrogen-bond acceptors (Lipinski definition) is 4. The fraction of sp³-hybridized carbons (Fsp3) is 0.615. The normalized spacial score (nSPS) is 19.5. The molecule has 0 aromatic carbocycles. The zero-order chi connectivity index (χ0) is 14.0. The van der Waals surface area contributed by atoms with Crippen LogP contribution < -0.4 is 4.90 Å². The van der Waals surface area contributed by atoms with Crippen LogP contribution in [0.1, 0.15) is 27.2 Å². The Kier molecular flexibility index (Phi) is 3.59. The number of hydrogen-bond donors (Lipinski definition) is 1. The summed E-state index contributed by atoms with van der Waals surface area (Å²) in [4.78, 5) is 15.1. The fourth-order valence-corrected chi connectivity index (χ4v) is 2.61. The van der Waals surface area contributed by atoms with Gasteiger partial charge in [0.2, 0.25) is 0 Å². The van der Waals surface area contributed by atoms with Gasteiger partial charge in [-0.3, -0.25) is 4.90 Å². The summed E-state index contributed by atoms with van der Waals surface area (Å²) >= 11 is 0. The molecule has 0 radical (unpaired) electrons. The summed E-state index contributed by atoms with van der Waals surface area (Å²) in [5.41, 5.74) is -0.394. The van der Waals surface area contributed by atoms with Crippen molar-refractivity contribution in [2.24, 2.45) is 0 Å². The van der Waals surface area contributed by atoms with Crippen LogP contribution in [0.2, 0.25) is 0 Å². The molecule has 1 fully saturated rings. The number of carbonyl (C=O) groups is 1. The molecule has 6 heteroatoms. The molecule has 1 aromatic heterocycles. The van der Waals surface area contributed by atoms with E-state index in [-0.39, 0.29) is 6.04 Å². The second-order valence-corrected chi connectivity index (χ2v) is 5.79. The summed E-state index contributed by atoms with van der Waals surface area (Å²) in [6.07, 6.45) is 1.59. The average Bonchev–Trinajstić information content (AvgIpc) is 2.77. The Morgan fingerprint density at radius 2 is 2.26 bits per heavy atom. The van der Waals surface area contributed by atoms with Crippen molar-refractivity contribution in [3.8, 4) is 0 Å². The minimum Gasteiger partial charge on any atom is -0.465 e. The van der Waals surface area contributed by atoms with Gasteiger partial charge in [-0.2, -0.15) is 5.10 Å². The minimum absolute atomic E-state index is 0.000457. The van der Waals surface area contributed by atoms with E-state index in [0.29, 0.717) is 6.54 Å². The third-order valence-corrected chi connectivity index (χ3v) is 3.34. The molecule has 1 atom stereocenters. The van der Waals surface area contributed by atoms with Gasteiger partial charge in [0.05, 0.1) is 6.04 Å². The molecule has 2 rings (SSSR count). The predicted octanol–water partition coefficient (Wildman–Crippen LogP) is 1.83. The van der Waals surface area contributed by atoms with Crippen molar-refractivity contribution in [1.29, 1.82) is 0 Å². The minimum atomic E-state index is -0.863. The van der Waals surface area contributed by atoms with Gasteiger partial charge in [-0.25, -0.2) is 4.79 Å². The molecule has 0 saturated carbocycles. The topological polar surface area (TPSA) is 69.6 Å². The summed E-state index contributed by atoms with van der Waals surface area (Å²) in [5.74, 6) is 0.809. The van der Waals surface area contributed by atoms with E-state index in [0.717, 1.165) is 18.8 Å². The fourth-order valence-electron chi connectivity index (χ4n) is 2.61. The van der Waals surface area contributed by atoms with Crippen LogP contribution in [-0.2, 0) is 0 Å². The Hall–Kier alpha value is -1.85. The lowest BCUT2D eigenvalue weighted by Crippen LogP contribution is -2.52. The molecule has 1 amide bonds. The second kappa shape index (κ2) is 5.03. The number of aromatic nitrogens is 2. The molecular formula is C13H20N4O2. The van der Waals surface area contributed by atoms with Crippen LogP contribution in [0, 0.1) is 0 Å². The second-order valence-electron chi connectivity index (χ2n) is 5.79. The molecule has 2 heterocycles. The quantitative estimate of drug-likeness (QED) is 0.882. The van der Waals surface area contributed by atoms with E-state index in [1.165, 1.54) is 0 Å². The maximum Gasteiger partial charge on any atom is 0.408 e. The van der Waals surface area contributed by atoms with Gasteiger partial charge in [-0.15, -0.1) is 5.10 Å². The SMILES string of the molecule is CC(C)(C)N(C(=O)O)C1CCN(c2cccnn2)C1. The Balaban J connectivity index is 2.11. The van der Waals surface area contributed by atoms with Crippen LogP contribution in [0.4, 0.5) is 10.6 Å². The molecule has 0 spiro atoms. The van der Waals surface area contributed by atoms with Gasteiger partial charge in [0.15, 0.2) is 5.82 Å². The molecule has 6 nitrogen and oxygen atoms in total. The first-order valence-electron chi connectivity index (χ1n) is 6.44. The standard InChI is InChI=1S/C13H20N4O2/c1-13(2,3)17(12(18)19)10-6-8-16(9-10)11-5-4-7-14-15-11/h4-5,7,10H,6,8-9H2,1-3H3,(H,18,19). The summed E-state index contributed by atoms with van der Waals surface area (Å²) in [5, 5.41) is 17.3. The highest BCUT2D eigenvalue weighted by atomic mass is 16.4. The van der Waals surface area contributed by atoms with Gasteiger partial charge in [-0.05, 0) is 39.3 Å². The van der Waals surface area contributed by atoms with Gasteiger partial charge in [0.25, 0.3) is 0 Å². The van der Waals surface area contributed by atoms with Crippen molar-refractivity contribution in [2.45, 2.75) is 38.8 Å². The molecule has 1 saturated heterocycles. The highest BCUT2D eigenvalue weighted by Gasteiger charge is 2.37. The maximum absolute atomic E-state index is 11.5. The Morgan fingerprint density at radius 3 is 2.79 bits per heavy atom. The largest absolute Gasteiger partial charge is 0.465 e. The molecule has 1 unspecified atom stereocenters. The van der Waals surface area contributed by atoms with Gasteiger partial charge in [-0.1, -0.05) is 0 Å². The van der Waals surface area contributed by atoms with E-state index in [1.807, 2.05) is 32.9 Å². The van der Waals surface area contributed by atoms with Gasteiger partial charge < -0.3 is 10.0 Å². The lowest BCUT2D eigenvalue weighted by Gasteiger charge is -2.37. The van der Waals surface area contributed by atoms with Crippen LogP contribution in [0.3, 0.4) is 0 Å². The van der Waals surface area contributed by atoms with E-state index in [2.05, 4.69) is 15.1 Å². The molecule has 19 heavy (non-hydrogen) atoms. The van der Waals surface area contributed by atoms with Gasteiger partial charge in [0.1, 0.15) is 0 Å². The lowest BCUT2D eigenvalue weighted by molar-refractivity contribution is 0.0763. The zero-order valence-electron chi connectivity index (χ0n) is 11.6. The van der Waals surface area contributed by atoms with Crippen molar-refractivity contribution in [1.82, 2.24) is 15.1 Å². The first-order chi connectivity index (χ1) is 8.89. The van der Waals surface area contributed by atoms with Crippen molar-refractivity contribution >= 4 is 11.9 Å². The predicted molar refractivity (Wildman–Crippen MR) is 72.3 cm³/mol. The smallest absolute Gasteiger partial charge is 0.408 e. The number of carboxylic acid groups (broad SMARTS) is 1. The van der Waals surface area contributed by atoms with Crippen LogP contribution in [0.15, 0.2) is 18.3 Å². The van der Waals surface area contributed by atoms with Crippen molar-refractivity contribution in [2.75, 3.05) is 18.0 Å². The summed E-state index contributed by atoms with van der Waals surface area (Å²) < 4.78 is 0. The Bertz CT molecular complexity index is 444. The van der Waals surface area contributed by atoms with Crippen LogP contribution in [0.25, 0.3) is 0 Å². The summed E-state index contributed by atoms with van der Waals surface area (Å²) in [6.45, 7) is 7.25. The molecule has 104 valence electrons. The number of amides is 1. The molecule has 0 bridgehead atoms. The molecule has 1 aliphatic rings. The monoisotopic (exact) mass is 264 g/mol. The summed E-state index contributed by atoms with van der Waals surface area (Å²) in [6, 6.07) is 3.74. The van der Waals surface area contributed by atoms with E-state index >= 15 is 0 Å². The molecule has 0 aliphatic carbocycles. The number of anilines is 1. The Morgan fingerprint density at radius 1 is 1.53 bits per heavy atom. The van der Waals surface area contributed by atoms with Crippen molar-refractivity contribution < 1.29 is 9.90 Å². The summed E-state index contributed by atoms with van der Waals surface area (Å²) in [7, 11) is 0. The van der Waals surface area contributed by atoms with Gasteiger partial charge >= 0.3 is 6.09 Å². The van der Waals surface area contributed by atoms with Crippen molar-refractivity contribution in [3.05, 3.63) is 18.3 Å². The molecular weight excluding hydrogens is 244 g/mol. The molecule has 1 aliphatic heterocycles. The highest BCUT2D eigenvalue weighted by molar-refractivity contribution is 5.67. The Labute approximate surface area is 113 Å². The molecule has 1 aromatic rings. The van der Waals surface area contributed by atoms with E-state index < -0.39 is 11.6 Å². The van der Waals surface area contributed by atoms with E-state index in [1.54, 1.807) is 11.1 Å². The third-order valence-electron chi connectivity index (χ3n) is 3.34. The van der Waals surface area contributed by atoms with E-state index in [4.69, 9.17) is 0 Å².